The van der Waals surface area contributed by atoms with Crippen LogP contribution in [-0.4, -0.2) is 37.9 Å². The van der Waals surface area contributed by atoms with Crippen molar-refractivity contribution in [3.63, 3.8) is 0 Å². The van der Waals surface area contributed by atoms with Crippen molar-refractivity contribution in [1.29, 1.82) is 0 Å². The van der Waals surface area contributed by atoms with E-state index in [1.54, 1.807) is 21.2 Å². The molecule has 8 heteroatoms. The van der Waals surface area contributed by atoms with E-state index >= 15 is 0 Å². The second-order valence-corrected chi connectivity index (χ2v) is 7.29. The number of aromatic nitrogens is 4. The van der Waals surface area contributed by atoms with E-state index in [1.807, 2.05) is 24.5 Å². The Labute approximate surface area is 155 Å². The number of hydrogen-bond donors (Lipinski definition) is 2. The molecule has 3 aromatic heterocycles. The van der Waals surface area contributed by atoms with Gasteiger partial charge >= 0.3 is 0 Å². The van der Waals surface area contributed by atoms with Crippen molar-refractivity contribution in [2.45, 2.75) is 25.4 Å². The highest BCUT2D eigenvalue weighted by Crippen LogP contribution is 2.31. The average molecular weight is 364 g/mol. The second kappa shape index (κ2) is 6.31. The number of carbonyl (C=O) groups is 1. The number of imidazole rings is 1. The molecule has 0 spiro atoms. The topological polar surface area (TPSA) is 93.3 Å². The Hall–Kier alpha value is -3.00. The van der Waals surface area contributed by atoms with Crippen LogP contribution in [0.5, 0.6) is 0 Å². The van der Waals surface area contributed by atoms with Gasteiger partial charge in [0.15, 0.2) is 0 Å². The fourth-order valence-corrected chi connectivity index (χ4v) is 4.19. The first-order chi connectivity index (χ1) is 13.2. The second-order valence-electron chi connectivity index (χ2n) is 7.29. The minimum Gasteiger partial charge on any atom is -0.346 e. The van der Waals surface area contributed by atoms with Gasteiger partial charge in [0, 0.05) is 43.3 Å². The highest BCUT2D eigenvalue weighted by molar-refractivity contribution is 5.93. The van der Waals surface area contributed by atoms with Gasteiger partial charge in [0.2, 0.25) is 5.78 Å². The molecule has 138 valence electrons. The van der Waals surface area contributed by atoms with E-state index < -0.39 is 0 Å². The van der Waals surface area contributed by atoms with Crippen molar-refractivity contribution >= 4 is 11.7 Å². The molecule has 0 radical (unpaired) electrons. The smallest absolute Gasteiger partial charge is 0.263 e. The molecule has 2 N–H and O–H groups in total. The molecular formula is C19H20N6O2. The normalized spacial score (nSPS) is 21.0. The molecule has 8 nitrogen and oxygen atoms in total. The number of hydrogen-bond acceptors (Lipinski definition) is 5. The number of nitrogens with zero attached hydrogens (tertiary/aromatic N) is 4. The van der Waals surface area contributed by atoms with Gasteiger partial charge in [-0.3, -0.25) is 14.0 Å². The van der Waals surface area contributed by atoms with Crippen LogP contribution in [0.4, 0.5) is 0 Å². The Morgan fingerprint density at radius 3 is 3.15 bits per heavy atom. The van der Waals surface area contributed by atoms with E-state index in [9.17, 15) is 9.59 Å². The zero-order valence-electron chi connectivity index (χ0n) is 14.8. The lowest BCUT2D eigenvalue weighted by atomic mass is 9.84. The number of pyridine rings is 1. The first kappa shape index (κ1) is 16.2. The minimum atomic E-state index is -0.367. The van der Waals surface area contributed by atoms with Gasteiger partial charge in [0.05, 0.1) is 12.2 Å². The largest absolute Gasteiger partial charge is 0.346 e. The Bertz CT molecular complexity index is 1050. The summed E-state index contributed by atoms with van der Waals surface area (Å²) in [5.41, 5.74) is 1.72. The molecule has 2 bridgehead atoms. The third-order valence-electron chi connectivity index (χ3n) is 5.47. The molecule has 1 saturated heterocycles. The summed E-state index contributed by atoms with van der Waals surface area (Å²) in [4.78, 5) is 34.0. The lowest BCUT2D eigenvalue weighted by molar-refractivity contribution is 0.0947. The van der Waals surface area contributed by atoms with Gasteiger partial charge in [-0.15, -0.1) is 0 Å². The van der Waals surface area contributed by atoms with Crippen LogP contribution >= 0.6 is 0 Å². The number of amides is 1. The summed E-state index contributed by atoms with van der Waals surface area (Å²) in [5.74, 6) is 1.02. The van der Waals surface area contributed by atoms with Gasteiger partial charge in [0.25, 0.3) is 11.5 Å². The minimum absolute atomic E-state index is 0.188. The summed E-state index contributed by atoms with van der Waals surface area (Å²) < 4.78 is 3.59. The fourth-order valence-electron chi connectivity index (χ4n) is 4.19. The summed E-state index contributed by atoms with van der Waals surface area (Å²) in [6.07, 6.45) is 6.45. The predicted molar refractivity (Wildman–Crippen MR) is 98.6 cm³/mol. The fraction of sp³-hybridized carbons (Fsp3) is 0.368. The van der Waals surface area contributed by atoms with Gasteiger partial charge in [-0.05, 0) is 37.1 Å². The molecule has 0 aromatic carbocycles. The quantitative estimate of drug-likeness (QED) is 0.707. The highest BCUT2D eigenvalue weighted by atomic mass is 16.2. The number of nitrogens with one attached hydrogen (secondary N) is 2. The summed E-state index contributed by atoms with van der Waals surface area (Å²) in [5, 5.41) is 6.23. The standard InChI is InChI=1S/C19H20N6O2/c26-17(22-9-14-11-24-5-1-4-21-19(24)23-14)15-2-3-16-13-6-12(7-20-8-13)10-25(16)18(15)27/h1-5,11-13,20H,6-10H2,(H,22,26)/t12-,13+/m0/s1. The van der Waals surface area contributed by atoms with Crippen LogP contribution in [0.3, 0.4) is 0 Å². The van der Waals surface area contributed by atoms with E-state index in [0.29, 0.717) is 29.9 Å². The van der Waals surface area contributed by atoms with Gasteiger partial charge in [-0.2, -0.15) is 0 Å². The third kappa shape index (κ3) is 2.82. The van der Waals surface area contributed by atoms with E-state index in [1.165, 1.54) is 0 Å². The van der Waals surface area contributed by atoms with Crippen molar-refractivity contribution in [2.75, 3.05) is 13.1 Å². The monoisotopic (exact) mass is 364 g/mol. The zero-order valence-corrected chi connectivity index (χ0v) is 14.8. The molecule has 3 aromatic rings. The van der Waals surface area contributed by atoms with Crippen molar-refractivity contribution in [1.82, 2.24) is 29.6 Å². The molecule has 5 heterocycles. The first-order valence-corrected chi connectivity index (χ1v) is 9.20. The molecule has 0 unspecified atom stereocenters. The van der Waals surface area contributed by atoms with Gasteiger partial charge in [0.1, 0.15) is 5.56 Å². The maximum atomic E-state index is 12.9. The molecule has 27 heavy (non-hydrogen) atoms. The summed E-state index contributed by atoms with van der Waals surface area (Å²) in [6, 6.07) is 5.40. The lowest BCUT2D eigenvalue weighted by Crippen LogP contribution is -2.46. The summed E-state index contributed by atoms with van der Waals surface area (Å²) in [7, 11) is 0. The highest BCUT2D eigenvalue weighted by Gasteiger charge is 2.31. The van der Waals surface area contributed by atoms with Crippen LogP contribution in [0, 0.1) is 5.92 Å². The molecule has 1 amide bonds. The first-order valence-electron chi connectivity index (χ1n) is 9.20. The van der Waals surface area contributed by atoms with Crippen LogP contribution in [0.15, 0.2) is 41.6 Å². The van der Waals surface area contributed by atoms with Crippen molar-refractivity contribution in [3.05, 3.63) is 64.1 Å². The molecule has 0 saturated carbocycles. The van der Waals surface area contributed by atoms with E-state index in [2.05, 4.69) is 20.6 Å². The Morgan fingerprint density at radius 1 is 1.33 bits per heavy atom. The molecule has 2 aliphatic heterocycles. The van der Waals surface area contributed by atoms with Crippen LogP contribution in [0.2, 0.25) is 0 Å². The number of carbonyl (C=O) groups excluding carboxylic acids is 1. The number of fused-ring (bicyclic) bond motifs is 5. The number of rotatable bonds is 3. The van der Waals surface area contributed by atoms with Crippen LogP contribution < -0.4 is 16.2 Å². The van der Waals surface area contributed by atoms with E-state index in [-0.39, 0.29) is 23.6 Å². The Morgan fingerprint density at radius 2 is 2.26 bits per heavy atom. The van der Waals surface area contributed by atoms with Crippen molar-refractivity contribution in [3.8, 4) is 0 Å². The lowest BCUT2D eigenvalue weighted by Gasteiger charge is -2.37. The molecular weight excluding hydrogens is 344 g/mol. The molecule has 2 aliphatic rings. The zero-order chi connectivity index (χ0) is 18.4. The number of piperidine rings is 1. The van der Waals surface area contributed by atoms with Gasteiger partial charge in [-0.1, -0.05) is 0 Å². The average Bonchev–Trinajstić information content (AvgIpc) is 3.10. The van der Waals surface area contributed by atoms with Crippen LogP contribution in [0.1, 0.15) is 34.1 Å². The van der Waals surface area contributed by atoms with Crippen molar-refractivity contribution in [2.24, 2.45) is 5.92 Å². The SMILES string of the molecule is O=C(NCc1cn2cccnc2n1)c1ccc2n(c1=O)C[C@@H]1CNC[C@H]2C1. The molecule has 2 atom stereocenters. The van der Waals surface area contributed by atoms with E-state index in [4.69, 9.17) is 0 Å². The van der Waals surface area contributed by atoms with Gasteiger partial charge in [-0.25, -0.2) is 9.97 Å². The Balaban J connectivity index is 1.37. The molecule has 0 aliphatic carbocycles. The van der Waals surface area contributed by atoms with Gasteiger partial charge < -0.3 is 15.2 Å². The summed E-state index contributed by atoms with van der Waals surface area (Å²) in [6.45, 7) is 2.75. The van der Waals surface area contributed by atoms with Crippen LogP contribution in [-0.2, 0) is 13.1 Å². The van der Waals surface area contributed by atoms with E-state index in [0.717, 1.165) is 25.2 Å². The maximum Gasteiger partial charge on any atom is 0.263 e. The summed E-state index contributed by atoms with van der Waals surface area (Å²) >= 11 is 0. The molecule has 1 fully saturated rings. The Kier molecular flexibility index (Phi) is 3.78. The maximum absolute atomic E-state index is 12.9. The predicted octanol–water partition coefficient (Wildman–Crippen LogP) is 0.528. The third-order valence-corrected chi connectivity index (χ3v) is 5.47. The van der Waals surface area contributed by atoms with Crippen LogP contribution in [0.25, 0.3) is 5.78 Å². The van der Waals surface area contributed by atoms with Crippen molar-refractivity contribution < 1.29 is 4.79 Å². The molecule has 5 rings (SSSR count).